The number of hydrogen-bond acceptors (Lipinski definition) is 3. The van der Waals surface area contributed by atoms with Crippen LogP contribution in [0.15, 0.2) is 42.5 Å². The monoisotopic (exact) mass is 394 g/mol. The largest absolute Gasteiger partial charge is 0.481 e. The van der Waals surface area contributed by atoms with Crippen molar-refractivity contribution in [2.24, 2.45) is 5.92 Å². The molecule has 0 bridgehead atoms. The second kappa shape index (κ2) is 9.34. The van der Waals surface area contributed by atoms with Gasteiger partial charge in [0.15, 0.2) is 6.10 Å². The molecule has 2 aromatic carbocycles. The Kier molecular flexibility index (Phi) is 6.83. The Morgan fingerprint density at radius 2 is 1.62 bits per heavy atom. The summed E-state index contributed by atoms with van der Waals surface area (Å²) in [6, 6.07) is 14.5. The predicted molar refractivity (Wildman–Crippen MR) is 120 cm³/mol. The molecular formula is C25H34N2O2. The van der Waals surface area contributed by atoms with Crippen LogP contribution in [0.3, 0.4) is 0 Å². The zero-order valence-electron chi connectivity index (χ0n) is 18.4. The Bertz CT molecular complexity index is 803. The lowest BCUT2D eigenvalue weighted by Gasteiger charge is -2.32. The first-order valence-corrected chi connectivity index (χ1v) is 10.7. The maximum absolute atomic E-state index is 12.6. The number of nitrogens with one attached hydrogen (secondary N) is 1. The van der Waals surface area contributed by atoms with Crippen LogP contribution in [0.25, 0.3) is 0 Å². The molecular weight excluding hydrogens is 360 g/mol. The minimum absolute atomic E-state index is 0.0665. The molecule has 0 radical (unpaired) electrons. The Hall–Kier alpha value is -2.49. The summed E-state index contributed by atoms with van der Waals surface area (Å²) >= 11 is 0. The van der Waals surface area contributed by atoms with Gasteiger partial charge in [-0.25, -0.2) is 0 Å². The van der Waals surface area contributed by atoms with Gasteiger partial charge in [0.2, 0.25) is 0 Å². The van der Waals surface area contributed by atoms with E-state index in [0.29, 0.717) is 0 Å². The summed E-state index contributed by atoms with van der Waals surface area (Å²) < 4.78 is 5.86. The fourth-order valence-electron chi connectivity index (χ4n) is 3.91. The fourth-order valence-corrected chi connectivity index (χ4v) is 3.91. The topological polar surface area (TPSA) is 41.6 Å². The molecule has 1 N–H and O–H groups in total. The highest BCUT2D eigenvalue weighted by atomic mass is 16.5. The van der Waals surface area contributed by atoms with Gasteiger partial charge in [0.05, 0.1) is 6.04 Å². The van der Waals surface area contributed by atoms with Crippen molar-refractivity contribution in [2.45, 2.75) is 59.6 Å². The van der Waals surface area contributed by atoms with E-state index in [1.54, 1.807) is 6.92 Å². The van der Waals surface area contributed by atoms with Gasteiger partial charge in [-0.3, -0.25) is 4.79 Å². The highest BCUT2D eigenvalue weighted by molar-refractivity contribution is 5.81. The lowest BCUT2D eigenvalue weighted by molar-refractivity contribution is -0.127. The van der Waals surface area contributed by atoms with Gasteiger partial charge in [-0.15, -0.1) is 0 Å². The van der Waals surface area contributed by atoms with Gasteiger partial charge in [0, 0.05) is 18.8 Å². The molecule has 0 spiro atoms. The van der Waals surface area contributed by atoms with Crippen LogP contribution in [0, 0.1) is 19.8 Å². The summed E-state index contributed by atoms with van der Waals surface area (Å²) in [5.74, 6) is 1.46. The van der Waals surface area contributed by atoms with E-state index < -0.39 is 6.10 Å². The first kappa shape index (κ1) is 21.2. The highest BCUT2D eigenvalue weighted by Crippen LogP contribution is 2.25. The Morgan fingerprint density at radius 1 is 1.03 bits per heavy atom. The SMILES string of the molecule is Cc1cc(C)cc(O[C@H](C)C(=O)N[C@H](C)c2ccc(N3CCC(C)CC3)cc2)c1. The van der Waals surface area contributed by atoms with Crippen molar-refractivity contribution in [1.29, 1.82) is 0 Å². The zero-order chi connectivity index (χ0) is 21.0. The van der Waals surface area contributed by atoms with Crippen molar-refractivity contribution in [3.63, 3.8) is 0 Å². The number of anilines is 1. The van der Waals surface area contributed by atoms with Gasteiger partial charge in [-0.05, 0) is 87.4 Å². The maximum atomic E-state index is 12.6. The molecule has 1 saturated heterocycles. The van der Waals surface area contributed by atoms with E-state index in [1.165, 1.54) is 18.5 Å². The lowest BCUT2D eigenvalue weighted by atomic mass is 9.98. The number of benzene rings is 2. The van der Waals surface area contributed by atoms with Crippen LogP contribution < -0.4 is 15.0 Å². The second-order valence-electron chi connectivity index (χ2n) is 8.57. The number of carbonyl (C=O) groups is 1. The molecule has 0 aliphatic carbocycles. The highest BCUT2D eigenvalue weighted by Gasteiger charge is 2.19. The third-order valence-corrected chi connectivity index (χ3v) is 5.78. The molecule has 1 aliphatic heterocycles. The molecule has 29 heavy (non-hydrogen) atoms. The molecule has 0 saturated carbocycles. The van der Waals surface area contributed by atoms with Crippen LogP contribution in [-0.2, 0) is 4.79 Å². The predicted octanol–water partition coefficient (Wildman–Crippen LogP) is 5.18. The average molecular weight is 395 g/mol. The number of piperidine rings is 1. The van der Waals surface area contributed by atoms with Crippen molar-refractivity contribution >= 4 is 11.6 Å². The number of rotatable bonds is 6. The average Bonchev–Trinajstić information content (AvgIpc) is 2.68. The molecule has 1 heterocycles. The van der Waals surface area contributed by atoms with Crippen molar-refractivity contribution in [2.75, 3.05) is 18.0 Å². The van der Waals surface area contributed by atoms with E-state index in [4.69, 9.17) is 4.74 Å². The normalized spacial score (nSPS) is 16.9. The smallest absolute Gasteiger partial charge is 0.261 e. The number of nitrogens with zero attached hydrogens (tertiary/aromatic N) is 1. The molecule has 2 atom stereocenters. The van der Waals surface area contributed by atoms with E-state index in [9.17, 15) is 4.79 Å². The van der Waals surface area contributed by atoms with Crippen LogP contribution in [0.1, 0.15) is 56.3 Å². The molecule has 4 heteroatoms. The van der Waals surface area contributed by atoms with Crippen molar-refractivity contribution in [1.82, 2.24) is 5.32 Å². The Balaban J connectivity index is 1.56. The zero-order valence-corrected chi connectivity index (χ0v) is 18.4. The van der Waals surface area contributed by atoms with E-state index >= 15 is 0 Å². The van der Waals surface area contributed by atoms with Crippen LogP contribution in [0.5, 0.6) is 5.75 Å². The molecule has 1 aliphatic rings. The Morgan fingerprint density at radius 3 is 2.21 bits per heavy atom. The van der Waals surface area contributed by atoms with Gasteiger partial charge >= 0.3 is 0 Å². The molecule has 0 unspecified atom stereocenters. The van der Waals surface area contributed by atoms with E-state index in [-0.39, 0.29) is 11.9 Å². The van der Waals surface area contributed by atoms with E-state index in [0.717, 1.165) is 41.4 Å². The van der Waals surface area contributed by atoms with E-state index in [2.05, 4.69) is 47.5 Å². The molecule has 0 aromatic heterocycles. The van der Waals surface area contributed by atoms with Crippen LogP contribution in [-0.4, -0.2) is 25.1 Å². The van der Waals surface area contributed by atoms with Crippen LogP contribution in [0.4, 0.5) is 5.69 Å². The van der Waals surface area contributed by atoms with Gasteiger partial charge in [-0.1, -0.05) is 25.1 Å². The first-order valence-electron chi connectivity index (χ1n) is 10.7. The summed E-state index contributed by atoms with van der Waals surface area (Å²) in [6.45, 7) is 12.4. The number of aryl methyl sites for hydroxylation is 2. The van der Waals surface area contributed by atoms with Crippen LogP contribution in [0.2, 0.25) is 0 Å². The minimum atomic E-state index is -0.548. The van der Waals surface area contributed by atoms with E-state index in [1.807, 2.05) is 32.9 Å². The van der Waals surface area contributed by atoms with Gasteiger partial charge in [0.25, 0.3) is 5.91 Å². The molecule has 1 fully saturated rings. The molecule has 4 nitrogen and oxygen atoms in total. The second-order valence-corrected chi connectivity index (χ2v) is 8.57. The summed E-state index contributed by atoms with van der Waals surface area (Å²) in [7, 11) is 0. The molecule has 3 rings (SSSR count). The number of amides is 1. The minimum Gasteiger partial charge on any atom is -0.481 e. The lowest BCUT2D eigenvalue weighted by Crippen LogP contribution is -2.37. The fraction of sp³-hybridized carbons (Fsp3) is 0.480. The first-order chi connectivity index (χ1) is 13.8. The molecule has 2 aromatic rings. The molecule has 156 valence electrons. The number of ether oxygens (including phenoxy) is 1. The third-order valence-electron chi connectivity index (χ3n) is 5.78. The van der Waals surface area contributed by atoms with Gasteiger partial charge in [0.1, 0.15) is 5.75 Å². The van der Waals surface area contributed by atoms with Crippen molar-refractivity contribution < 1.29 is 9.53 Å². The van der Waals surface area contributed by atoms with Gasteiger partial charge < -0.3 is 15.0 Å². The maximum Gasteiger partial charge on any atom is 0.261 e. The quantitative estimate of drug-likeness (QED) is 0.733. The number of hydrogen-bond donors (Lipinski definition) is 1. The third kappa shape index (κ3) is 5.75. The molecule has 1 amide bonds. The summed E-state index contributed by atoms with van der Waals surface area (Å²) in [4.78, 5) is 15.1. The summed E-state index contributed by atoms with van der Waals surface area (Å²) in [5.41, 5.74) is 4.63. The Labute approximate surface area is 175 Å². The van der Waals surface area contributed by atoms with Crippen molar-refractivity contribution in [3.05, 3.63) is 59.2 Å². The van der Waals surface area contributed by atoms with Crippen LogP contribution >= 0.6 is 0 Å². The van der Waals surface area contributed by atoms with Crippen molar-refractivity contribution in [3.8, 4) is 5.75 Å². The summed E-state index contributed by atoms with van der Waals surface area (Å²) in [5, 5.41) is 3.07. The van der Waals surface area contributed by atoms with Gasteiger partial charge in [-0.2, -0.15) is 0 Å². The standard InChI is InChI=1S/C25H34N2O2/c1-17-10-12-27(13-11-17)23-8-6-22(7-9-23)20(4)26-25(28)21(5)29-24-15-18(2)14-19(3)16-24/h6-9,14-17,20-21H,10-13H2,1-5H3,(H,26,28)/t20-,21-/m1/s1. The number of carbonyl (C=O) groups excluding carboxylic acids is 1. The summed E-state index contributed by atoms with van der Waals surface area (Å²) in [6.07, 6.45) is 1.97.